The Morgan fingerprint density at radius 3 is 3.22 bits per heavy atom. The van der Waals surface area contributed by atoms with Gasteiger partial charge in [-0.1, -0.05) is 13.8 Å². The molecule has 2 atom stereocenters. The number of hydrogen-bond acceptors (Lipinski definition) is 3. The zero-order chi connectivity index (χ0) is 11.6. The average molecular weight is 135 g/mol. The molecule has 0 aliphatic rings. The van der Waals surface area contributed by atoms with Crippen molar-refractivity contribution in [3.05, 3.63) is 0 Å². The van der Waals surface area contributed by atoms with E-state index in [-0.39, 0.29) is 5.72 Å². The summed E-state index contributed by atoms with van der Waals surface area (Å²) >= 11 is 0. The Balaban J connectivity index is 4.79. The van der Waals surface area contributed by atoms with Gasteiger partial charge in [-0.15, -0.1) is 0 Å². The molecular weight excluding hydrogens is 118 g/mol. The van der Waals surface area contributed by atoms with Crippen LogP contribution in [0, 0.1) is 5.89 Å². The molecule has 0 aromatic carbocycles. The lowest BCUT2D eigenvalue weighted by Crippen LogP contribution is -2.42. The van der Waals surface area contributed by atoms with Crippen molar-refractivity contribution in [2.24, 2.45) is 11.6 Å². The van der Waals surface area contributed by atoms with Crippen LogP contribution in [0.4, 0.5) is 0 Å². The first-order chi connectivity index (χ1) is 6.15. The summed E-state index contributed by atoms with van der Waals surface area (Å²) in [6.07, 6.45) is -0.626. The molecule has 9 heavy (non-hydrogen) atoms. The van der Waals surface area contributed by atoms with E-state index in [0.29, 0.717) is 0 Å². The van der Waals surface area contributed by atoms with Crippen LogP contribution in [0.25, 0.3) is 0 Å². The Bertz CT molecular complexity index is 222. The van der Waals surface area contributed by atoms with Crippen molar-refractivity contribution in [3.8, 4) is 0 Å². The van der Waals surface area contributed by atoms with Crippen LogP contribution < -0.4 is 10.8 Å². The lowest BCUT2D eigenvalue weighted by molar-refractivity contribution is -0.307. The Labute approximate surface area is 62.0 Å². The average Bonchev–Trinajstić information content (AvgIpc) is 2.03. The second kappa shape index (κ2) is 3.45. The molecule has 0 heterocycles. The monoisotopic (exact) mass is 135 g/mol. The summed E-state index contributed by atoms with van der Waals surface area (Å²) in [5.74, 6) is -3.39. The fraction of sp³-hybridized carbons (Fsp3) is 0.833. The van der Waals surface area contributed by atoms with Crippen molar-refractivity contribution in [3.63, 3.8) is 0 Å². The van der Waals surface area contributed by atoms with E-state index in [9.17, 15) is 9.90 Å². The second-order valence-electron chi connectivity index (χ2n) is 1.87. The summed E-state index contributed by atoms with van der Waals surface area (Å²) in [4.78, 5) is 10.5. The molecule has 0 bridgehead atoms. The van der Waals surface area contributed by atoms with E-state index >= 15 is 0 Å². The summed E-state index contributed by atoms with van der Waals surface area (Å²) < 4.78 is 35.2. The van der Waals surface area contributed by atoms with Gasteiger partial charge >= 0.3 is 0 Å². The molecule has 0 saturated heterocycles. The maximum Gasteiger partial charge on any atom is 0.119 e. The third-order valence-corrected chi connectivity index (χ3v) is 0.705. The number of rotatable bonds is 4. The molecule has 2 unspecified atom stereocenters. The first-order valence-electron chi connectivity index (χ1n) is 5.04. The molecule has 0 radical (unpaired) electrons. The molecule has 0 fully saturated rings. The van der Waals surface area contributed by atoms with E-state index < -0.39 is 31.2 Å². The fourth-order valence-electron chi connectivity index (χ4n) is 0.358. The van der Waals surface area contributed by atoms with Crippen LogP contribution in [0.5, 0.6) is 0 Å². The van der Waals surface area contributed by atoms with Crippen LogP contribution in [0.2, 0.25) is 2.82 Å². The van der Waals surface area contributed by atoms with E-state index in [2.05, 4.69) is 0 Å². The molecule has 0 aliphatic heterocycles. The Morgan fingerprint density at radius 2 is 2.89 bits per heavy atom. The van der Waals surface area contributed by atoms with Crippen LogP contribution in [0.15, 0.2) is 0 Å². The maximum atomic E-state index is 10.5. The molecule has 0 aromatic heterocycles. The van der Waals surface area contributed by atoms with Gasteiger partial charge in [-0.25, -0.2) is 0 Å². The normalized spacial score (nSPS) is 32.0. The van der Waals surface area contributed by atoms with Crippen LogP contribution in [0.3, 0.4) is 0 Å². The van der Waals surface area contributed by atoms with Gasteiger partial charge < -0.3 is 15.6 Å². The molecule has 0 amide bonds. The van der Waals surface area contributed by atoms with Gasteiger partial charge in [-0.2, -0.15) is 0 Å². The Morgan fingerprint density at radius 1 is 2.22 bits per heavy atom. The van der Waals surface area contributed by atoms with E-state index in [0.717, 1.165) is 0 Å². The van der Waals surface area contributed by atoms with Crippen molar-refractivity contribution in [2.45, 2.75) is 26.3 Å². The third kappa shape index (κ3) is 3.97. The zero-order valence-electron chi connectivity index (χ0n) is 10.2. The molecule has 54 valence electrons. The Hall–Kier alpha value is -0.570. The number of aliphatic carboxylic acids is 1. The smallest absolute Gasteiger partial charge is 0.119 e. The number of carbonyl (C=O) groups is 1. The molecular formula is C6H12NO2-. The van der Waals surface area contributed by atoms with Crippen molar-refractivity contribution in [1.82, 2.24) is 0 Å². The maximum absolute atomic E-state index is 10.5. The molecule has 0 rings (SSSR count). The largest absolute Gasteiger partial charge is 0.548 e. The van der Waals surface area contributed by atoms with Crippen molar-refractivity contribution < 1.29 is 16.8 Å². The van der Waals surface area contributed by atoms with Crippen LogP contribution >= 0.6 is 0 Å². The van der Waals surface area contributed by atoms with Gasteiger partial charge in [0.15, 0.2) is 0 Å². The van der Waals surface area contributed by atoms with E-state index in [1.165, 1.54) is 6.92 Å². The van der Waals surface area contributed by atoms with Gasteiger partial charge in [0.1, 0.15) is 2.82 Å². The predicted octanol–water partition coefficient (Wildman–Crippen LogP) is -0.890. The number of carboxylic acids is 1. The third-order valence-electron chi connectivity index (χ3n) is 0.705. The lowest BCUT2D eigenvalue weighted by atomic mass is 10.1. The van der Waals surface area contributed by atoms with Gasteiger partial charge in [0.05, 0.1) is 7.34 Å². The van der Waals surface area contributed by atoms with Crippen molar-refractivity contribution >= 4 is 5.97 Å². The molecule has 0 spiro atoms. The molecule has 2 N–H and O–H groups in total. The molecule has 0 saturated carbocycles. The van der Waals surface area contributed by atoms with Crippen LogP contribution in [-0.2, 0) is 4.79 Å². The number of carboxylic acid groups (broad SMARTS) is 1. The van der Waals surface area contributed by atoms with Gasteiger partial charge in [-0.05, 0) is 12.3 Å². The SMILES string of the molecule is [2H]CC([2H])(C)CC([2H])(C(=O)[O-])N([2H])[2H]. The minimum absolute atomic E-state index is 0.315. The van der Waals surface area contributed by atoms with Gasteiger partial charge in [0.2, 0.25) is 0 Å². The summed E-state index contributed by atoms with van der Waals surface area (Å²) in [6.45, 7) is 0.866. The van der Waals surface area contributed by atoms with Gasteiger partial charge in [0, 0.05) is 8.76 Å². The topological polar surface area (TPSA) is 66.1 Å². The zero-order valence-corrected chi connectivity index (χ0v) is 5.18. The first-order valence-corrected chi connectivity index (χ1v) is 2.44. The molecule has 0 aliphatic carbocycles. The number of nitrogens with two attached hydrogens (primary N) is 1. The summed E-state index contributed by atoms with van der Waals surface area (Å²) in [5, 5.41) is 10.5. The van der Waals surface area contributed by atoms with Gasteiger partial charge in [-0.3, -0.25) is 0 Å². The molecule has 3 nitrogen and oxygen atoms in total. The van der Waals surface area contributed by atoms with E-state index in [1.54, 1.807) is 0 Å². The highest BCUT2D eigenvalue weighted by molar-refractivity contribution is 5.70. The first kappa shape index (κ1) is 3.01. The highest BCUT2D eigenvalue weighted by Gasteiger charge is 2.04. The summed E-state index contributed by atoms with van der Waals surface area (Å²) in [5.41, 5.74) is -0.315. The minimum Gasteiger partial charge on any atom is -0.548 e. The highest BCUT2D eigenvalue weighted by Crippen LogP contribution is 2.00. The van der Waals surface area contributed by atoms with E-state index in [1.807, 2.05) is 0 Å². The quantitative estimate of drug-likeness (QED) is 0.543. The minimum atomic E-state index is -2.60. The second-order valence-corrected chi connectivity index (χ2v) is 1.87. The van der Waals surface area contributed by atoms with E-state index in [4.69, 9.17) is 6.94 Å². The van der Waals surface area contributed by atoms with Crippen molar-refractivity contribution in [2.75, 3.05) is 0 Å². The summed E-state index contributed by atoms with van der Waals surface area (Å²) in [6, 6.07) is -2.60. The van der Waals surface area contributed by atoms with Crippen molar-refractivity contribution in [1.29, 1.82) is 0 Å². The van der Waals surface area contributed by atoms with Crippen LogP contribution in [0.1, 0.15) is 24.4 Å². The lowest BCUT2D eigenvalue weighted by Gasteiger charge is -2.13. The molecule has 0 aromatic rings. The fourth-order valence-corrected chi connectivity index (χ4v) is 0.358. The Kier molecular flexibility index (Phi) is 1.16. The number of hydrogen-bond donors (Lipinski definition) is 1. The standard InChI is InChI=1S/C6H13NO2/c1-4(2)3-5(7)6(8)9/h4-5H,3,7H2,1-2H3,(H,8,9)/p-1/i1D,4D,5D/hD2. The van der Waals surface area contributed by atoms with Crippen LogP contribution in [-0.4, -0.2) is 12.0 Å². The molecule has 3 heteroatoms. The highest BCUT2D eigenvalue weighted by atomic mass is 16.4. The van der Waals surface area contributed by atoms with Gasteiger partial charge in [0.25, 0.3) is 0 Å². The number of carbonyl (C=O) groups excluding carboxylic acids is 1. The summed E-state index contributed by atoms with van der Waals surface area (Å²) in [7, 11) is 0. The predicted molar refractivity (Wildman–Crippen MR) is 32.4 cm³/mol.